The van der Waals surface area contributed by atoms with Crippen molar-refractivity contribution in [3.63, 3.8) is 0 Å². The fourth-order valence-electron chi connectivity index (χ4n) is 4.36. The molecule has 3 N–H and O–H groups in total. The van der Waals surface area contributed by atoms with Gasteiger partial charge in [0.2, 0.25) is 5.41 Å². The van der Waals surface area contributed by atoms with Gasteiger partial charge < -0.3 is 25.2 Å². The van der Waals surface area contributed by atoms with E-state index in [1.807, 2.05) is 0 Å². The van der Waals surface area contributed by atoms with Crippen LogP contribution in [-0.4, -0.2) is 65.5 Å². The molecule has 0 unspecified atom stereocenters. The monoisotopic (exact) mass is 626 g/mol. The van der Waals surface area contributed by atoms with E-state index < -0.39 is 59.9 Å². The van der Waals surface area contributed by atoms with Gasteiger partial charge in [-0.3, -0.25) is 24.0 Å². The molecule has 0 aromatic heterocycles. The Morgan fingerprint density at radius 1 is 0.844 bits per heavy atom. The highest BCUT2D eigenvalue weighted by Gasteiger charge is 2.50. The molecule has 0 saturated carbocycles. The Hall–Kier alpha value is -5.46. The van der Waals surface area contributed by atoms with Crippen LogP contribution in [0.25, 0.3) is 5.57 Å². The van der Waals surface area contributed by atoms with Crippen molar-refractivity contribution in [2.75, 3.05) is 26.0 Å². The first-order valence-electron chi connectivity index (χ1n) is 13.2. The van der Waals surface area contributed by atoms with E-state index in [0.29, 0.717) is 0 Å². The van der Waals surface area contributed by atoms with Crippen LogP contribution in [0.1, 0.15) is 49.9 Å². The normalized spacial score (nSPS) is 11.3. The van der Waals surface area contributed by atoms with Crippen LogP contribution in [0.2, 0.25) is 0 Å². The number of esters is 1. The van der Waals surface area contributed by atoms with Crippen molar-refractivity contribution in [3.8, 4) is 0 Å². The molecule has 3 aromatic rings. The molecule has 0 bridgehead atoms. The molecule has 236 valence electrons. The Kier molecular flexibility index (Phi) is 10.2. The van der Waals surface area contributed by atoms with Crippen LogP contribution >= 0.6 is 0 Å². The minimum atomic E-state index is -4.65. The van der Waals surface area contributed by atoms with Gasteiger partial charge >= 0.3 is 24.1 Å². The molecule has 0 atom stereocenters. The Bertz CT molecular complexity index is 1650. The minimum absolute atomic E-state index is 0.0109. The summed E-state index contributed by atoms with van der Waals surface area (Å²) in [5, 5.41) is 22.1. The molecule has 3 rings (SSSR count). The van der Waals surface area contributed by atoms with Crippen molar-refractivity contribution >= 4 is 41.0 Å². The van der Waals surface area contributed by atoms with E-state index in [2.05, 4.69) is 11.9 Å². The second-order valence-electron chi connectivity index (χ2n) is 10.3. The van der Waals surface area contributed by atoms with Gasteiger partial charge in [0.15, 0.2) is 0 Å². The molecule has 2 amide bonds. The molecule has 13 heteroatoms. The summed E-state index contributed by atoms with van der Waals surface area (Å²) in [5.74, 6) is -5.88. The highest BCUT2D eigenvalue weighted by Crippen LogP contribution is 2.33. The van der Waals surface area contributed by atoms with E-state index in [1.165, 1.54) is 68.4 Å². The highest BCUT2D eigenvalue weighted by molar-refractivity contribution is 6.11. The number of carboxylic acid groups (broad SMARTS) is 2. The number of nitrogens with one attached hydrogen (secondary N) is 1. The number of anilines is 1. The lowest BCUT2D eigenvalue weighted by Crippen LogP contribution is -2.48. The predicted molar refractivity (Wildman–Crippen MR) is 157 cm³/mol. The van der Waals surface area contributed by atoms with Gasteiger partial charge in [-0.05, 0) is 53.9 Å². The summed E-state index contributed by atoms with van der Waals surface area (Å²) in [6.07, 6.45) is -5.14. The number of hydrogen-bond acceptors (Lipinski definition) is 6. The summed E-state index contributed by atoms with van der Waals surface area (Å²) < 4.78 is 44.9. The number of nitrogens with zero attached hydrogens (tertiary/aromatic N) is 1. The van der Waals surface area contributed by atoms with Crippen molar-refractivity contribution < 1.29 is 52.1 Å². The maximum Gasteiger partial charge on any atom is 0.416 e. The molecular formula is C32H29F3N2O8. The molecule has 45 heavy (non-hydrogen) atoms. The number of aliphatic carboxylic acids is 2. The van der Waals surface area contributed by atoms with E-state index in [1.54, 1.807) is 6.07 Å². The average Bonchev–Trinajstić information content (AvgIpc) is 2.97. The number of ether oxygens (including phenoxy) is 1. The maximum absolute atomic E-state index is 13.3. The fraction of sp³-hybridized carbons (Fsp3) is 0.219. The molecule has 0 fully saturated rings. The number of alkyl halides is 3. The number of benzene rings is 3. The Balaban J connectivity index is 1.89. The van der Waals surface area contributed by atoms with Crippen molar-refractivity contribution in [1.82, 2.24) is 4.90 Å². The third-order valence-corrected chi connectivity index (χ3v) is 6.81. The summed E-state index contributed by atoms with van der Waals surface area (Å²) in [4.78, 5) is 64.2. The number of hydrogen-bond donors (Lipinski definition) is 3. The van der Waals surface area contributed by atoms with Gasteiger partial charge in [-0.25, -0.2) is 0 Å². The molecule has 0 aliphatic heterocycles. The van der Waals surface area contributed by atoms with Crippen molar-refractivity contribution in [1.29, 1.82) is 0 Å². The summed E-state index contributed by atoms with van der Waals surface area (Å²) in [6.45, 7) is 4.08. The van der Waals surface area contributed by atoms with Crippen molar-refractivity contribution in [3.05, 3.63) is 107 Å². The van der Waals surface area contributed by atoms with E-state index in [4.69, 9.17) is 4.74 Å². The van der Waals surface area contributed by atoms with Crippen LogP contribution in [-0.2, 0) is 37.1 Å². The molecule has 10 nitrogen and oxygen atoms in total. The number of amides is 2. The Morgan fingerprint density at radius 3 is 2.00 bits per heavy atom. The van der Waals surface area contributed by atoms with Crippen LogP contribution in [0.5, 0.6) is 0 Å². The van der Waals surface area contributed by atoms with Gasteiger partial charge in [-0.15, -0.1) is 0 Å². The topological polar surface area (TPSA) is 150 Å². The SMILES string of the molecule is C=C(C)c1cc(C(F)(F)F)ccc1C(=O)Nc1ccc(CC(=O)OCC(C(=O)O)(C(=O)O)c2ccccc2)cc1C(=O)N(C)C. The van der Waals surface area contributed by atoms with Crippen LogP contribution in [0.15, 0.2) is 73.3 Å². The lowest BCUT2D eigenvalue weighted by atomic mass is 9.81. The number of carboxylic acids is 2. The van der Waals surface area contributed by atoms with Gasteiger partial charge in [-0.2, -0.15) is 13.2 Å². The van der Waals surface area contributed by atoms with Gasteiger partial charge in [0.25, 0.3) is 11.8 Å². The first-order valence-corrected chi connectivity index (χ1v) is 13.2. The molecule has 0 aliphatic rings. The number of halogens is 3. The molecule has 0 heterocycles. The zero-order chi connectivity index (χ0) is 33.7. The lowest BCUT2D eigenvalue weighted by molar-refractivity contribution is -0.164. The third-order valence-electron chi connectivity index (χ3n) is 6.81. The lowest BCUT2D eigenvalue weighted by Gasteiger charge is -2.25. The molecule has 0 spiro atoms. The van der Waals surface area contributed by atoms with E-state index in [9.17, 15) is 47.4 Å². The first-order chi connectivity index (χ1) is 21.0. The first kappa shape index (κ1) is 34.0. The number of carbonyl (C=O) groups is 5. The Morgan fingerprint density at radius 2 is 1.47 bits per heavy atom. The fourth-order valence-corrected chi connectivity index (χ4v) is 4.36. The smallest absolute Gasteiger partial charge is 0.416 e. The predicted octanol–water partition coefficient (Wildman–Crippen LogP) is 4.89. The maximum atomic E-state index is 13.3. The second kappa shape index (κ2) is 13.5. The van der Waals surface area contributed by atoms with Crippen LogP contribution in [0, 0.1) is 0 Å². The summed E-state index contributed by atoms with van der Waals surface area (Å²) in [5.41, 5.74) is -3.49. The van der Waals surface area contributed by atoms with Gasteiger partial charge in [0.1, 0.15) is 6.61 Å². The zero-order valence-electron chi connectivity index (χ0n) is 24.4. The molecule has 0 aliphatic carbocycles. The van der Waals surface area contributed by atoms with Crippen LogP contribution < -0.4 is 5.32 Å². The Labute approximate surface area is 255 Å². The van der Waals surface area contributed by atoms with Crippen molar-refractivity contribution in [2.24, 2.45) is 0 Å². The van der Waals surface area contributed by atoms with Gasteiger partial charge in [0, 0.05) is 19.7 Å². The minimum Gasteiger partial charge on any atom is -0.480 e. The van der Waals surface area contributed by atoms with Crippen LogP contribution in [0.4, 0.5) is 18.9 Å². The summed E-state index contributed by atoms with van der Waals surface area (Å²) >= 11 is 0. The molecule has 0 saturated heterocycles. The molecular weight excluding hydrogens is 597 g/mol. The average molecular weight is 627 g/mol. The second-order valence-corrected chi connectivity index (χ2v) is 10.3. The van der Waals surface area contributed by atoms with E-state index in [0.717, 1.165) is 18.2 Å². The van der Waals surface area contributed by atoms with Gasteiger partial charge in [-0.1, -0.05) is 48.6 Å². The quantitative estimate of drug-likeness (QED) is 0.201. The number of allylic oxidation sites excluding steroid dienone is 1. The summed E-state index contributed by atoms with van der Waals surface area (Å²) in [6, 6.07) is 13.5. The van der Waals surface area contributed by atoms with E-state index >= 15 is 0 Å². The number of carbonyl (C=O) groups excluding carboxylic acids is 3. The largest absolute Gasteiger partial charge is 0.480 e. The molecule has 3 aromatic carbocycles. The van der Waals surface area contributed by atoms with Crippen molar-refractivity contribution in [2.45, 2.75) is 24.9 Å². The van der Waals surface area contributed by atoms with E-state index in [-0.39, 0.29) is 39.1 Å². The zero-order valence-corrected chi connectivity index (χ0v) is 24.4. The summed E-state index contributed by atoms with van der Waals surface area (Å²) in [7, 11) is 2.87. The van der Waals surface area contributed by atoms with Gasteiger partial charge in [0.05, 0.1) is 23.2 Å². The third kappa shape index (κ3) is 7.55. The van der Waals surface area contributed by atoms with Crippen LogP contribution in [0.3, 0.4) is 0 Å². The standard InChI is InChI=1S/C32H29F3N2O8/c1-18(2)23-16-21(32(33,34)35)11-12-22(23)27(39)36-25-13-10-19(14-24(25)28(40)37(3)4)15-26(38)45-17-31(29(41)42,30(43)44)20-8-6-5-7-9-20/h5-14,16H,1,15,17H2,2-4H3,(H,36,39)(H,41,42)(H,43,44). The number of rotatable bonds is 11. The highest BCUT2D eigenvalue weighted by atomic mass is 19.4. The molecule has 0 radical (unpaired) electrons.